The summed E-state index contributed by atoms with van der Waals surface area (Å²) in [7, 11) is 1.37. The van der Waals surface area contributed by atoms with Crippen molar-refractivity contribution >= 4 is 11.9 Å². The van der Waals surface area contributed by atoms with Gasteiger partial charge in [0.2, 0.25) is 5.91 Å². The maximum Gasteiger partial charge on any atom is 1.00 e. The van der Waals surface area contributed by atoms with Crippen LogP contribution in [-0.4, -0.2) is 18.9 Å². The van der Waals surface area contributed by atoms with Crippen LogP contribution < -0.4 is 61.8 Å². The summed E-state index contributed by atoms with van der Waals surface area (Å²) in [5, 5.41) is 11.7. The fraction of sp³-hybridized carbons (Fsp3) is 0.500. The number of aliphatic carboxylic acids is 1. The fourth-order valence-corrected chi connectivity index (χ4v) is 0.219. The van der Waals surface area contributed by atoms with E-state index >= 15 is 0 Å². The topological polar surface area (TPSA) is 69.2 Å². The molecule has 0 rings (SSSR count). The third-order valence-electron chi connectivity index (χ3n) is 0.584. The number of nitrogens with one attached hydrogen (secondary N) is 1. The summed E-state index contributed by atoms with van der Waals surface area (Å²) >= 11 is 0. The standard InChI is InChI=1S/C4H7NO3.K/c1-5-3(6)2-4(7)8;/h2H2,1H3,(H,5,6)(H,7,8);/q;+1/p-1. The van der Waals surface area contributed by atoms with Crippen LogP contribution in [0.4, 0.5) is 0 Å². The van der Waals surface area contributed by atoms with Crippen molar-refractivity contribution in [2.24, 2.45) is 0 Å². The minimum atomic E-state index is -1.36. The van der Waals surface area contributed by atoms with Crippen molar-refractivity contribution in [1.82, 2.24) is 5.32 Å². The van der Waals surface area contributed by atoms with Gasteiger partial charge in [-0.2, -0.15) is 0 Å². The minimum absolute atomic E-state index is 0. The second-order valence-corrected chi connectivity index (χ2v) is 1.22. The van der Waals surface area contributed by atoms with Crippen LogP contribution in [0.15, 0.2) is 0 Å². The molecule has 0 aromatic carbocycles. The summed E-state index contributed by atoms with van der Waals surface area (Å²) in [5.74, 6) is -1.89. The summed E-state index contributed by atoms with van der Waals surface area (Å²) in [6.07, 6.45) is -0.559. The average Bonchev–Trinajstić information content (AvgIpc) is 1.65. The molecule has 0 aliphatic rings. The minimum Gasteiger partial charge on any atom is -0.550 e. The molecule has 0 aromatic heterocycles. The van der Waals surface area contributed by atoms with Crippen LogP contribution in [0.25, 0.3) is 0 Å². The molecule has 0 aromatic rings. The molecule has 1 N–H and O–H groups in total. The van der Waals surface area contributed by atoms with Gasteiger partial charge >= 0.3 is 51.4 Å². The van der Waals surface area contributed by atoms with Gasteiger partial charge in [-0.05, 0) is 0 Å². The molecule has 4 nitrogen and oxygen atoms in total. The number of hydrogen-bond donors (Lipinski definition) is 1. The van der Waals surface area contributed by atoms with Gasteiger partial charge in [-0.3, -0.25) is 4.79 Å². The summed E-state index contributed by atoms with van der Waals surface area (Å²) in [5.41, 5.74) is 0. The first-order chi connectivity index (χ1) is 3.66. The van der Waals surface area contributed by atoms with Gasteiger partial charge in [0, 0.05) is 7.05 Å². The van der Waals surface area contributed by atoms with E-state index in [0.29, 0.717) is 0 Å². The van der Waals surface area contributed by atoms with E-state index in [-0.39, 0.29) is 51.4 Å². The second kappa shape index (κ2) is 6.69. The van der Waals surface area contributed by atoms with Crippen LogP contribution >= 0.6 is 0 Å². The Labute approximate surface area is 95.4 Å². The third kappa shape index (κ3) is 8.58. The van der Waals surface area contributed by atoms with Gasteiger partial charge < -0.3 is 15.2 Å². The number of carboxylic acid groups (broad SMARTS) is 1. The monoisotopic (exact) mass is 155 g/mol. The molecular formula is C4H6KNO3. The van der Waals surface area contributed by atoms with E-state index in [9.17, 15) is 14.7 Å². The summed E-state index contributed by atoms with van der Waals surface area (Å²) in [6.45, 7) is 0. The molecule has 0 aliphatic carbocycles. The third-order valence-corrected chi connectivity index (χ3v) is 0.584. The Morgan fingerprint density at radius 3 is 2.11 bits per heavy atom. The van der Waals surface area contributed by atoms with E-state index in [1.165, 1.54) is 7.05 Å². The van der Waals surface area contributed by atoms with Crippen LogP contribution in [0.1, 0.15) is 6.42 Å². The van der Waals surface area contributed by atoms with Crippen molar-refractivity contribution in [3.63, 3.8) is 0 Å². The van der Waals surface area contributed by atoms with E-state index in [1.54, 1.807) is 0 Å². The molecule has 0 bridgehead atoms. The van der Waals surface area contributed by atoms with Crippen molar-refractivity contribution < 1.29 is 66.1 Å². The normalized spacial score (nSPS) is 7.22. The zero-order valence-corrected chi connectivity index (χ0v) is 8.55. The van der Waals surface area contributed by atoms with Crippen molar-refractivity contribution in [1.29, 1.82) is 0 Å². The molecule has 5 heteroatoms. The predicted molar refractivity (Wildman–Crippen MR) is 23.7 cm³/mol. The van der Waals surface area contributed by atoms with Gasteiger partial charge in [0.25, 0.3) is 0 Å². The number of rotatable bonds is 2. The number of carboxylic acids is 1. The smallest absolute Gasteiger partial charge is 0.550 e. The van der Waals surface area contributed by atoms with Crippen molar-refractivity contribution in [2.75, 3.05) is 7.05 Å². The molecule has 0 unspecified atom stereocenters. The van der Waals surface area contributed by atoms with Gasteiger partial charge in [-0.15, -0.1) is 0 Å². The molecule has 1 amide bonds. The average molecular weight is 155 g/mol. The Bertz CT molecular complexity index is 114. The first kappa shape index (κ1) is 12.3. The molecule has 0 saturated carbocycles. The zero-order chi connectivity index (χ0) is 6.57. The van der Waals surface area contributed by atoms with Gasteiger partial charge in [-0.1, -0.05) is 0 Å². The van der Waals surface area contributed by atoms with Crippen LogP contribution in [-0.2, 0) is 9.59 Å². The van der Waals surface area contributed by atoms with Gasteiger partial charge in [0.05, 0.1) is 12.4 Å². The van der Waals surface area contributed by atoms with E-state index < -0.39 is 18.3 Å². The van der Waals surface area contributed by atoms with Crippen LogP contribution in [0.2, 0.25) is 0 Å². The van der Waals surface area contributed by atoms with Crippen molar-refractivity contribution in [3.05, 3.63) is 0 Å². The molecule has 0 aliphatic heterocycles. The maximum atomic E-state index is 10.1. The van der Waals surface area contributed by atoms with Crippen molar-refractivity contribution in [3.8, 4) is 0 Å². The van der Waals surface area contributed by atoms with Crippen LogP contribution in [0.5, 0.6) is 0 Å². The van der Waals surface area contributed by atoms with E-state index in [2.05, 4.69) is 5.32 Å². The summed E-state index contributed by atoms with van der Waals surface area (Å²) in [4.78, 5) is 19.7. The number of hydrogen-bond acceptors (Lipinski definition) is 3. The molecule has 9 heavy (non-hydrogen) atoms. The van der Waals surface area contributed by atoms with E-state index in [4.69, 9.17) is 0 Å². The number of carbonyl (C=O) groups excluding carboxylic acids is 2. The second-order valence-electron chi connectivity index (χ2n) is 1.22. The SMILES string of the molecule is CNC(=O)CC(=O)[O-].[K+]. The summed E-state index contributed by atoms with van der Waals surface area (Å²) < 4.78 is 0. The Hall–Kier alpha value is 0.576. The molecule has 0 atom stereocenters. The molecule has 0 heterocycles. The number of amides is 1. The molecule has 0 saturated heterocycles. The Balaban J connectivity index is 0. The van der Waals surface area contributed by atoms with E-state index in [1.807, 2.05) is 0 Å². The predicted octanol–water partition coefficient (Wildman–Crippen LogP) is -5.12. The van der Waals surface area contributed by atoms with Gasteiger partial charge in [0.15, 0.2) is 0 Å². The zero-order valence-electron chi connectivity index (χ0n) is 5.43. The molecule has 0 spiro atoms. The Morgan fingerprint density at radius 2 is 2.00 bits per heavy atom. The first-order valence-corrected chi connectivity index (χ1v) is 2.07. The first-order valence-electron chi connectivity index (χ1n) is 2.07. The number of carbonyl (C=O) groups is 2. The van der Waals surface area contributed by atoms with Crippen LogP contribution in [0, 0.1) is 0 Å². The van der Waals surface area contributed by atoms with Gasteiger partial charge in [0.1, 0.15) is 0 Å². The Morgan fingerprint density at radius 1 is 1.56 bits per heavy atom. The van der Waals surface area contributed by atoms with Crippen molar-refractivity contribution in [2.45, 2.75) is 6.42 Å². The molecular weight excluding hydrogens is 149 g/mol. The van der Waals surface area contributed by atoms with E-state index in [0.717, 1.165) is 0 Å². The molecule has 46 valence electrons. The van der Waals surface area contributed by atoms with Gasteiger partial charge in [-0.25, -0.2) is 0 Å². The maximum absolute atomic E-state index is 10.1. The quantitative estimate of drug-likeness (QED) is 0.320. The van der Waals surface area contributed by atoms with Crippen LogP contribution in [0.3, 0.4) is 0 Å². The summed E-state index contributed by atoms with van der Waals surface area (Å²) in [6, 6.07) is 0. The largest absolute Gasteiger partial charge is 1.00 e. The Kier molecular flexibility index (Phi) is 9.13. The fourth-order valence-electron chi connectivity index (χ4n) is 0.219. The molecule has 0 fully saturated rings. The molecule has 0 radical (unpaired) electrons.